The summed E-state index contributed by atoms with van der Waals surface area (Å²) in [6.45, 7) is 3.28. The molecular formula is C19H17Cl2NO3. The molecule has 1 heterocycles. The van der Waals surface area contributed by atoms with Crippen LogP contribution in [0, 0.1) is 0 Å². The minimum Gasteiger partial charge on any atom is -0.295 e. The van der Waals surface area contributed by atoms with E-state index < -0.39 is 17.4 Å². The number of rotatable bonds is 2. The molecule has 1 amide bonds. The molecule has 1 fully saturated rings. The van der Waals surface area contributed by atoms with E-state index in [0.29, 0.717) is 15.6 Å². The van der Waals surface area contributed by atoms with Gasteiger partial charge in [-0.3, -0.25) is 14.4 Å². The molecule has 4 nitrogen and oxygen atoms in total. The molecule has 130 valence electrons. The third-order valence-electron chi connectivity index (χ3n) is 4.26. The molecule has 0 bridgehead atoms. The molecular weight excluding hydrogens is 361 g/mol. The quantitative estimate of drug-likeness (QED) is 0.724. The normalized spacial score (nSPS) is 20.0. The highest BCUT2D eigenvalue weighted by Crippen LogP contribution is 2.37. The SMILES string of the molecule is CN1OC(C)(C)C(=O)C(c2cc(-c3ccc(Cl)cc3)ccc2Cl)C1=O. The van der Waals surface area contributed by atoms with Gasteiger partial charge in [0.05, 0.1) is 0 Å². The van der Waals surface area contributed by atoms with Crippen molar-refractivity contribution in [1.82, 2.24) is 5.06 Å². The molecule has 3 rings (SSSR count). The fourth-order valence-corrected chi connectivity index (χ4v) is 3.29. The van der Waals surface area contributed by atoms with Crippen molar-refractivity contribution in [2.75, 3.05) is 7.05 Å². The Morgan fingerprint density at radius 1 is 1.00 bits per heavy atom. The van der Waals surface area contributed by atoms with Crippen LogP contribution in [0.4, 0.5) is 0 Å². The van der Waals surface area contributed by atoms with Crippen LogP contribution in [0.15, 0.2) is 42.5 Å². The number of hydrogen-bond donors (Lipinski definition) is 0. The number of hydroxylamine groups is 2. The monoisotopic (exact) mass is 377 g/mol. The fourth-order valence-electron chi connectivity index (χ4n) is 2.93. The number of Topliss-reactive ketones (excluding diaryl/α,β-unsaturated/α-hetero) is 1. The molecule has 1 aliphatic rings. The molecule has 2 aromatic rings. The van der Waals surface area contributed by atoms with Crippen LogP contribution in [0.1, 0.15) is 25.3 Å². The number of benzene rings is 2. The van der Waals surface area contributed by atoms with Gasteiger partial charge in [-0.15, -0.1) is 0 Å². The molecule has 0 saturated carbocycles. The molecule has 2 aromatic carbocycles. The van der Waals surface area contributed by atoms with Crippen molar-refractivity contribution in [1.29, 1.82) is 0 Å². The Labute approximate surface area is 156 Å². The number of nitrogens with zero attached hydrogens (tertiary/aromatic N) is 1. The van der Waals surface area contributed by atoms with Gasteiger partial charge in [-0.1, -0.05) is 41.4 Å². The van der Waals surface area contributed by atoms with Crippen molar-refractivity contribution in [3.8, 4) is 11.1 Å². The van der Waals surface area contributed by atoms with Crippen molar-refractivity contribution < 1.29 is 14.4 Å². The Balaban J connectivity index is 2.09. The summed E-state index contributed by atoms with van der Waals surface area (Å²) in [6.07, 6.45) is 0. The number of carbonyl (C=O) groups excluding carboxylic acids is 2. The van der Waals surface area contributed by atoms with Gasteiger partial charge in [0.25, 0.3) is 5.91 Å². The summed E-state index contributed by atoms with van der Waals surface area (Å²) in [5.74, 6) is -1.74. The van der Waals surface area contributed by atoms with E-state index in [1.807, 2.05) is 18.2 Å². The van der Waals surface area contributed by atoms with Crippen LogP contribution in [-0.2, 0) is 14.4 Å². The van der Waals surface area contributed by atoms with Gasteiger partial charge in [-0.25, -0.2) is 5.06 Å². The number of ketones is 1. The van der Waals surface area contributed by atoms with Crippen LogP contribution in [0.5, 0.6) is 0 Å². The first-order valence-electron chi connectivity index (χ1n) is 7.77. The molecule has 1 unspecified atom stereocenters. The summed E-state index contributed by atoms with van der Waals surface area (Å²) in [6, 6.07) is 12.6. The van der Waals surface area contributed by atoms with E-state index in [4.69, 9.17) is 28.0 Å². The fraction of sp³-hybridized carbons (Fsp3) is 0.263. The summed E-state index contributed by atoms with van der Waals surface area (Å²) in [4.78, 5) is 30.8. The minimum atomic E-state index is -1.10. The van der Waals surface area contributed by atoms with E-state index in [1.165, 1.54) is 7.05 Å². The van der Waals surface area contributed by atoms with Crippen molar-refractivity contribution >= 4 is 34.9 Å². The van der Waals surface area contributed by atoms with Gasteiger partial charge in [0.1, 0.15) is 11.5 Å². The summed E-state index contributed by atoms with van der Waals surface area (Å²) >= 11 is 12.3. The summed E-state index contributed by atoms with van der Waals surface area (Å²) in [5, 5.41) is 2.11. The van der Waals surface area contributed by atoms with E-state index in [1.54, 1.807) is 38.1 Å². The maximum atomic E-state index is 12.8. The van der Waals surface area contributed by atoms with E-state index in [0.717, 1.165) is 16.2 Å². The maximum Gasteiger partial charge on any atom is 0.261 e. The second-order valence-corrected chi connectivity index (χ2v) is 7.32. The highest BCUT2D eigenvalue weighted by atomic mass is 35.5. The molecule has 0 spiro atoms. The first kappa shape index (κ1) is 17.9. The van der Waals surface area contributed by atoms with Crippen LogP contribution in [0.25, 0.3) is 11.1 Å². The zero-order chi connectivity index (χ0) is 18.4. The highest BCUT2D eigenvalue weighted by molar-refractivity contribution is 6.32. The van der Waals surface area contributed by atoms with Gasteiger partial charge in [-0.2, -0.15) is 0 Å². The Morgan fingerprint density at radius 2 is 1.60 bits per heavy atom. The third-order valence-corrected chi connectivity index (χ3v) is 4.86. The molecule has 0 radical (unpaired) electrons. The Kier molecular flexibility index (Phi) is 4.62. The highest BCUT2D eigenvalue weighted by Gasteiger charge is 2.48. The molecule has 1 atom stereocenters. The number of halogens is 2. The lowest BCUT2D eigenvalue weighted by molar-refractivity contribution is -0.233. The summed E-state index contributed by atoms with van der Waals surface area (Å²) in [7, 11) is 1.50. The van der Waals surface area contributed by atoms with Gasteiger partial charge in [0.15, 0.2) is 5.78 Å². The van der Waals surface area contributed by atoms with E-state index in [9.17, 15) is 9.59 Å². The van der Waals surface area contributed by atoms with E-state index in [2.05, 4.69) is 0 Å². The Hall–Kier alpha value is -1.88. The third kappa shape index (κ3) is 3.30. The molecule has 0 aliphatic carbocycles. The number of hydrogen-bond acceptors (Lipinski definition) is 3. The first-order valence-corrected chi connectivity index (χ1v) is 8.53. The van der Waals surface area contributed by atoms with Crippen LogP contribution in [0.3, 0.4) is 0 Å². The van der Waals surface area contributed by atoms with Crippen molar-refractivity contribution in [2.24, 2.45) is 0 Å². The number of amides is 1. The van der Waals surface area contributed by atoms with E-state index in [-0.39, 0.29) is 5.78 Å². The molecule has 0 N–H and O–H groups in total. The molecule has 6 heteroatoms. The van der Waals surface area contributed by atoms with Crippen LogP contribution >= 0.6 is 23.2 Å². The van der Waals surface area contributed by atoms with Crippen LogP contribution < -0.4 is 0 Å². The predicted molar refractivity (Wildman–Crippen MR) is 97.6 cm³/mol. The Morgan fingerprint density at radius 3 is 2.24 bits per heavy atom. The van der Waals surface area contributed by atoms with Crippen molar-refractivity contribution in [3.05, 3.63) is 58.1 Å². The zero-order valence-electron chi connectivity index (χ0n) is 14.0. The maximum absolute atomic E-state index is 12.8. The van der Waals surface area contributed by atoms with Crippen LogP contribution in [-0.4, -0.2) is 29.4 Å². The lowest BCUT2D eigenvalue weighted by atomic mass is 9.83. The second-order valence-electron chi connectivity index (χ2n) is 6.48. The van der Waals surface area contributed by atoms with Gasteiger partial charge >= 0.3 is 0 Å². The lowest BCUT2D eigenvalue weighted by Crippen LogP contribution is -2.54. The molecule has 1 saturated heterocycles. The predicted octanol–water partition coefficient (Wildman–Crippen LogP) is 4.50. The topological polar surface area (TPSA) is 46.6 Å². The van der Waals surface area contributed by atoms with Crippen LogP contribution in [0.2, 0.25) is 10.0 Å². The molecule has 0 aromatic heterocycles. The summed E-state index contributed by atoms with van der Waals surface area (Å²) < 4.78 is 0. The average molecular weight is 378 g/mol. The average Bonchev–Trinajstić information content (AvgIpc) is 2.55. The standard InChI is InChI=1S/C19H17Cl2NO3/c1-19(2)17(23)16(18(24)22(3)25-19)14-10-12(6-9-15(14)21)11-4-7-13(20)8-5-11/h4-10,16H,1-3H3. The molecule has 25 heavy (non-hydrogen) atoms. The molecule has 1 aliphatic heterocycles. The van der Waals surface area contributed by atoms with E-state index >= 15 is 0 Å². The zero-order valence-corrected chi connectivity index (χ0v) is 15.6. The smallest absolute Gasteiger partial charge is 0.261 e. The van der Waals surface area contributed by atoms with Gasteiger partial charge < -0.3 is 0 Å². The van der Waals surface area contributed by atoms with Crippen molar-refractivity contribution in [3.63, 3.8) is 0 Å². The number of likely N-dealkylation sites (N-methyl/N-ethyl adjacent to an activating group) is 1. The van der Waals surface area contributed by atoms with Gasteiger partial charge in [0, 0.05) is 17.1 Å². The van der Waals surface area contributed by atoms with Crippen molar-refractivity contribution in [2.45, 2.75) is 25.4 Å². The lowest BCUT2D eigenvalue weighted by Gasteiger charge is -2.38. The largest absolute Gasteiger partial charge is 0.295 e. The van der Waals surface area contributed by atoms with Gasteiger partial charge in [-0.05, 0) is 54.8 Å². The Bertz CT molecular complexity index is 846. The minimum absolute atomic E-state index is 0.314. The first-order chi connectivity index (χ1) is 11.7. The number of carbonyl (C=O) groups is 2. The summed E-state index contributed by atoms with van der Waals surface area (Å²) in [5.41, 5.74) is 1.14. The second kappa shape index (κ2) is 6.45. The van der Waals surface area contributed by atoms with Gasteiger partial charge in [0.2, 0.25) is 0 Å².